The van der Waals surface area contributed by atoms with Gasteiger partial charge in [-0.25, -0.2) is 0 Å². The van der Waals surface area contributed by atoms with E-state index in [1.54, 1.807) is 7.11 Å². The van der Waals surface area contributed by atoms with E-state index in [0.29, 0.717) is 19.0 Å². The fourth-order valence-electron chi connectivity index (χ4n) is 2.14. The number of aromatic nitrogens is 1. The molecule has 5 nitrogen and oxygen atoms in total. The molecule has 21 heavy (non-hydrogen) atoms. The summed E-state index contributed by atoms with van der Waals surface area (Å²) in [5.41, 5.74) is 8.95. The van der Waals surface area contributed by atoms with Crippen molar-refractivity contribution in [2.75, 3.05) is 7.11 Å². The normalized spacial score (nSPS) is 12.4. The van der Waals surface area contributed by atoms with Crippen LogP contribution in [-0.4, -0.2) is 18.3 Å². The van der Waals surface area contributed by atoms with E-state index in [1.807, 2.05) is 25.1 Å². The molecule has 1 aromatic heterocycles. The lowest BCUT2D eigenvalue weighted by Crippen LogP contribution is -2.18. The summed E-state index contributed by atoms with van der Waals surface area (Å²) in [6.45, 7) is 4.82. The second kappa shape index (κ2) is 7.24. The second-order valence-corrected chi connectivity index (χ2v) is 5.30. The molecule has 114 valence electrons. The van der Waals surface area contributed by atoms with Crippen molar-refractivity contribution in [3.05, 3.63) is 46.8 Å². The van der Waals surface area contributed by atoms with Crippen molar-refractivity contribution in [1.29, 1.82) is 0 Å². The lowest BCUT2D eigenvalue weighted by Gasteiger charge is -2.13. The van der Waals surface area contributed by atoms with Crippen LogP contribution in [0.2, 0.25) is 0 Å². The highest BCUT2D eigenvalue weighted by molar-refractivity contribution is 5.37. The molecule has 0 spiro atoms. The Kier molecular flexibility index (Phi) is 5.36. The molecule has 0 aliphatic carbocycles. The average molecular weight is 290 g/mol. The highest BCUT2D eigenvalue weighted by Crippen LogP contribution is 2.22. The fraction of sp³-hybridized carbons (Fsp3) is 0.438. The molecule has 2 aromatic rings. The van der Waals surface area contributed by atoms with Crippen molar-refractivity contribution >= 4 is 0 Å². The fourth-order valence-corrected chi connectivity index (χ4v) is 2.14. The summed E-state index contributed by atoms with van der Waals surface area (Å²) in [5, 5.41) is 3.95. The zero-order valence-corrected chi connectivity index (χ0v) is 12.8. The van der Waals surface area contributed by atoms with Gasteiger partial charge in [0.1, 0.15) is 24.7 Å². The molecule has 2 rings (SSSR count). The molecule has 1 heterocycles. The minimum Gasteiger partial charge on any atom is -0.487 e. The van der Waals surface area contributed by atoms with Crippen molar-refractivity contribution in [1.82, 2.24) is 5.16 Å². The molecule has 5 heteroatoms. The first kappa shape index (κ1) is 15.5. The number of methoxy groups -OCH3 is 1. The Bertz CT molecular complexity index is 579. The van der Waals surface area contributed by atoms with Gasteiger partial charge in [-0.05, 0) is 31.9 Å². The van der Waals surface area contributed by atoms with Crippen molar-refractivity contribution in [2.24, 2.45) is 5.73 Å². The van der Waals surface area contributed by atoms with E-state index < -0.39 is 0 Å². The summed E-state index contributed by atoms with van der Waals surface area (Å²) in [6.07, 6.45) is 0.782. The number of ether oxygens (including phenoxy) is 2. The highest BCUT2D eigenvalue weighted by Gasteiger charge is 2.09. The van der Waals surface area contributed by atoms with Gasteiger partial charge >= 0.3 is 0 Å². The number of benzene rings is 1. The molecule has 0 aliphatic rings. The summed E-state index contributed by atoms with van der Waals surface area (Å²) < 4.78 is 16.0. The quantitative estimate of drug-likeness (QED) is 0.848. The molecule has 1 aromatic carbocycles. The molecule has 0 aliphatic heterocycles. The van der Waals surface area contributed by atoms with Gasteiger partial charge in [0, 0.05) is 19.2 Å². The van der Waals surface area contributed by atoms with Crippen molar-refractivity contribution in [2.45, 2.75) is 39.5 Å². The van der Waals surface area contributed by atoms with Crippen LogP contribution in [0.25, 0.3) is 0 Å². The molecule has 0 saturated carbocycles. The van der Waals surface area contributed by atoms with Gasteiger partial charge in [-0.2, -0.15) is 0 Å². The van der Waals surface area contributed by atoms with Gasteiger partial charge in [-0.15, -0.1) is 0 Å². The van der Waals surface area contributed by atoms with E-state index in [4.69, 9.17) is 19.7 Å². The smallest absolute Gasteiger partial charge is 0.162 e. The lowest BCUT2D eigenvalue weighted by molar-refractivity contribution is 0.155. The van der Waals surface area contributed by atoms with Gasteiger partial charge in [-0.1, -0.05) is 22.9 Å². The van der Waals surface area contributed by atoms with Crippen molar-refractivity contribution < 1.29 is 14.0 Å². The molecule has 1 unspecified atom stereocenters. The van der Waals surface area contributed by atoms with Gasteiger partial charge in [0.05, 0.1) is 0 Å². The summed E-state index contributed by atoms with van der Waals surface area (Å²) in [7, 11) is 1.62. The highest BCUT2D eigenvalue weighted by atomic mass is 16.5. The molecule has 1 atom stereocenters. The third-order valence-electron chi connectivity index (χ3n) is 3.03. The van der Waals surface area contributed by atoms with Crippen LogP contribution in [0.15, 0.2) is 28.8 Å². The molecule has 0 bridgehead atoms. The number of hydrogen-bond donors (Lipinski definition) is 1. The molecule has 0 saturated heterocycles. The summed E-state index contributed by atoms with van der Waals surface area (Å²) in [5.74, 6) is 1.53. The topological polar surface area (TPSA) is 70.5 Å². The Balaban J connectivity index is 2.04. The first-order valence-electron chi connectivity index (χ1n) is 7.00. The molecule has 0 fully saturated rings. The van der Waals surface area contributed by atoms with E-state index in [2.05, 4.69) is 18.1 Å². The largest absolute Gasteiger partial charge is 0.487 e. The Morgan fingerprint density at radius 2 is 2.10 bits per heavy atom. The van der Waals surface area contributed by atoms with E-state index in [1.165, 1.54) is 5.56 Å². The van der Waals surface area contributed by atoms with Gasteiger partial charge < -0.3 is 19.7 Å². The van der Waals surface area contributed by atoms with Crippen LogP contribution in [0, 0.1) is 6.92 Å². The number of nitrogens with zero attached hydrogens (tertiary/aromatic N) is 1. The Morgan fingerprint density at radius 1 is 1.29 bits per heavy atom. The molecule has 0 amide bonds. The predicted octanol–water partition coefficient (Wildman–Crippen LogP) is 2.60. The summed E-state index contributed by atoms with van der Waals surface area (Å²) in [6, 6.07) is 8.04. The molecular weight excluding hydrogens is 268 g/mol. The number of rotatable bonds is 7. The van der Waals surface area contributed by atoms with E-state index >= 15 is 0 Å². The summed E-state index contributed by atoms with van der Waals surface area (Å²) in [4.78, 5) is 0. The zero-order valence-electron chi connectivity index (χ0n) is 12.8. The lowest BCUT2D eigenvalue weighted by atomic mass is 10.0. The summed E-state index contributed by atoms with van der Waals surface area (Å²) >= 11 is 0. The maximum Gasteiger partial charge on any atom is 0.162 e. The van der Waals surface area contributed by atoms with Crippen LogP contribution >= 0.6 is 0 Å². The van der Waals surface area contributed by atoms with E-state index in [-0.39, 0.29) is 6.04 Å². The van der Waals surface area contributed by atoms with Crippen LogP contribution in [-0.2, 0) is 24.4 Å². The Labute approximate surface area is 125 Å². The average Bonchev–Trinajstić information content (AvgIpc) is 2.85. The third-order valence-corrected chi connectivity index (χ3v) is 3.03. The van der Waals surface area contributed by atoms with E-state index in [9.17, 15) is 0 Å². The third kappa shape index (κ3) is 4.58. The van der Waals surface area contributed by atoms with Gasteiger partial charge in [0.2, 0.25) is 0 Å². The van der Waals surface area contributed by atoms with Gasteiger partial charge in [0.25, 0.3) is 0 Å². The van der Waals surface area contributed by atoms with Crippen molar-refractivity contribution in [3.63, 3.8) is 0 Å². The number of nitrogens with two attached hydrogens (primary N) is 1. The second-order valence-electron chi connectivity index (χ2n) is 5.30. The monoisotopic (exact) mass is 290 g/mol. The minimum absolute atomic E-state index is 0.0921. The molecular formula is C16H22N2O3. The first-order valence-corrected chi connectivity index (χ1v) is 7.00. The van der Waals surface area contributed by atoms with E-state index in [0.717, 1.165) is 23.4 Å². The van der Waals surface area contributed by atoms with Crippen LogP contribution in [0.1, 0.15) is 29.5 Å². The SMILES string of the molecule is COCc1cc(COc2ccc(C)cc2CC(C)N)no1. The molecule has 2 N–H and O–H groups in total. The van der Waals surface area contributed by atoms with Crippen molar-refractivity contribution in [3.8, 4) is 5.75 Å². The first-order chi connectivity index (χ1) is 10.1. The Hall–Kier alpha value is -1.85. The Morgan fingerprint density at radius 3 is 2.81 bits per heavy atom. The number of aryl methyl sites for hydroxylation is 1. The predicted molar refractivity (Wildman–Crippen MR) is 80.1 cm³/mol. The number of hydrogen-bond acceptors (Lipinski definition) is 5. The van der Waals surface area contributed by atoms with Crippen LogP contribution < -0.4 is 10.5 Å². The maximum absolute atomic E-state index is 5.89. The van der Waals surface area contributed by atoms with Gasteiger partial charge in [-0.3, -0.25) is 0 Å². The standard InChI is InChI=1S/C16H22N2O3/c1-11-4-5-16(13(6-11)7-12(2)17)20-9-14-8-15(10-19-3)21-18-14/h4-6,8,12H,7,9-10,17H2,1-3H3. The van der Waals surface area contributed by atoms with Crippen LogP contribution in [0.4, 0.5) is 0 Å². The maximum atomic E-state index is 5.89. The zero-order chi connectivity index (χ0) is 15.2. The van der Waals surface area contributed by atoms with Crippen LogP contribution in [0.5, 0.6) is 5.75 Å². The molecule has 0 radical (unpaired) electrons. The van der Waals surface area contributed by atoms with Crippen LogP contribution in [0.3, 0.4) is 0 Å². The minimum atomic E-state index is 0.0921. The van der Waals surface area contributed by atoms with Gasteiger partial charge in [0.15, 0.2) is 5.76 Å².